The van der Waals surface area contributed by atoms with E-state index in [1.54, 1.807) is 0 Å². The molecule has 0 saturated heterocycles. The van der Waals surface area contributed by atoms with Gasteiger partial charge in [0.2, 0.25) is 11.7 Å². The smallest absolute Gasteiger partial charge is 0.261 e. The molecule has 0 N–H and O–H groups in total. The standard InChI is InChI=1S/C24H27N3O3/c1-18-9-8-10-19(15-18)24-25-22(30-26-24)16-27(20-11-4-2-5-12-20)23(28)17-29-21-13-6-3-7-14-21/h3,6-10,13-15,20H,2,4-5,11-12,16-17H2,1H3. The Hall–Kier alpha value is -3.15. The van der Waals surface area contributed by atoms with Crippen LogP contribution in [0.5, 0.6) is 5.75 Å². The van der Waals surface area contributed by atoms with Crippen molar-refractivity contribution in [1.29, 1.82) is 0 Å². The van der Waals surface area contributed by atoms with E-state index in [4.69, 9.17) is 9.26 Å². The molecule has 0 radical (unpaired) electrons. The summed E-state index contributed by atoms with van der Waals surface area (Å²) < 4.78 is 11.2. The second-order valence-electron chi connectivity index (χ2n) is 7.80. The molecule has 0 spiro atoms. The molecule has 2 aromatic carbocycles. The molecule has 0 unspecified atom stereocenters. The van der Waals surface area contributed by atoms with E-state index < -0.39 is 0 Å². The number of aryl methyl sites for hydroxylation is 1. The van der Waals surface area contributed by atoms with Gasteiger partial charge in [0.15, 0.2) is 6.61 Å². The van der Waals surface area contributed by atoms with Gasteiger partial charge in [0.1, 0.15) is 12.3 Å². The number of nitrogens with zero attached hydrogens (tertiary/aromatic N) is 3. The highest BCUT2D eigenvalue weighted by Crippen LogP contribution is 2.25. The second-order valence-corrected chi connectivity index (χ2v) is 7.80. The number of hydrogen-bond donors (Lipinski definition) is 0. The topological polar surface area (TPSA) is 68.5 Å². The van der Waals surface area contributed by atoms with Gasteiger partial charge in [-0.15, -0.1) is 0 Å². The van der Waals surface area contributed by atoms with Gasteiger partial charge >= 0.3 is 0 Å². The monoisotopic (exact) mass is 405 g/mol. The number of amides is 1. The van der Waals surface area contributed by atoms with Crippen LogP contribution in [0.2, 0.25) is 0 Å². The van der Waals surface area contributed by atoms with E-state index in [1.807, 2.05) is 66.4 Å². The Morgan fingerprint density at radius 1 is 1.10 bits per heavy atom. The summed E-state index contributed by atoms with van der Waals surface area (Å²) in [7, 11) is 0. The van der Waals surface area contributed by atoms with Crippen LogP contribution in [0.25, 0.3) is 11.4 Å². The third-order valence-electron chi connectivity index (χ3n) is 5.49. The van der Waals surface area contributed by atoms with Crippen molar-refractivity contribution in [3.8, 4) is 17.1 Å². The molecule has 0 bridgehead atoms. The van der Waals surface area contributed by atoms with Crippen molar-refractivity contribution in [3.63, 3.8) is 0 Å². The first-order valence-corrected chi connectivity index (χ1v) is 10.6. The average Bonchev–Trinajstić information content (AvgIpc) is 3.26. The molecule has 1 saturated carbocycles. The largest absolute Gasteiger partial charge is 0.484 e. The SMILES string of the molecule is Cc1cccc(-c2noc(CN(C(=O)COc3ccccc3)C3CCCCC3)n2)c1. The summed E-state index contributed by atoms with van der Waals surface area (Å²) in [5, 5.41) is 4.12. The zero-order valence-electron chi connectivity index (χ0n) is 17.3. The van der Waals surface area contributed by atoms with E-state index in [1.165, 1.54) is 6.42 Å². The van der Waals surface area contributed by atoms with Gasteiger partial charge in [-0.05, 0) is 38.0 Å². The van der Waals surface area contributed by atoms with Gasteiger partial charge in [-0.1, -0.05) is 66.4 Å². The Balaban J connectivity index is 1.48. The zero-order chi connectivity index (χ0) is 20.8. The third kappa shape index (κ3) is 5.06. The van der Waals surface area contributed by atoms with Gasteiger partial charge < -0.3 is 14.2 Å². The maximum atomic E-state index is 13.1. The van der Waals surface area contributed by atoms with Crippen molar-refractivity contribution < 1.29 is 14.1 Å². The predicted molar refractivity (Wildman–Crippen MR) is 114 cm³/mol. The Morgan fingerprint density at radius 3 is 2.67 bits per heavy atom. The minimum absolute atomic E-state index is 0.000608. The Bertz CT molecular complexity index is 965. The minimum atomic E-state index is -0.0546. The van der Waals surface area contributed by atoms with Crippen molar-refractivity contribution in [3.05, 3.63) is 66.1 Å². The fraction of sp³-hybridized carbons (Fsp3) is 0.375. The molecule has 6 nitrogen and oxygen atoms in total. The van der Waals surface area contributed by atoms with Crippen LogP contribution in [0.3, 0.4) is 0 Å². The summed E-state index contributed by atoms with van der Waals surface area (Å²) >= 11 is 0. The molecule has 1 aliphatic carbocycles. The van der Waals surface area contributed by atoms with E-state index in [-0.39, 0.29) is 18.6 Å². The van der Waals surface area contributed by atoms with Crippen molar-refractivity contribution >= 4 is 5.91 Å². The van der Waals surface area contributed by atoms with Crippen LogP contribution in [0.15, 0.2) is 59.1 Å². The first kappa shape index (κ1) is 20.1. The Kier molecular flexibility index (Phi) is 6.42. The van der Waals surface area contributed by atoms with Gasteiger partial charge in [0.05, 0.1) is 0 Å². The molecule has 30 heavy (non-hydrogen) atoms. The zero-order valence-corrected chi connectivity index (χ0v) is 17.3. The summed E-state index contributed by atoms with van der Waals surface area (Å²) in [5.74, 6) is 1.63. The number of hydrogen-bond acceptors (Lipinski definition) is 5. The van der Waals surface area contributed by atoms with Crippen molar-refractivity contribution in [2.24, 2.45) is 0 Å². The van der Waals surface area contributed by atoms with E-state index in [9.17, 15) is 4.79 Å². The van der Waals surface area contributed by atoms with E-state index in [2.05, 4.69) is 10.1 Å². The molecule has 0 aliphatic heterocycles. The van der Waals surface area contributed by atoms with Gasteiger partial charge in [0.25, 0.3) is 5.91 Å². The average molecular weight is 405 g/mol. The van der Waals surface area contributed by atoms with Crippen molar-refractivity contribution in [2.45, 2.75) is 51.6 Å². The number of carbonyl (C=O) groups excluding carboxylic acids is 1. The summed E-state index contributed by atoms with van der Waals surface area (Å²) in [6.07, 6.45) is 5.47. The highest BCUT2D eigenvalue weighted by atomic mass is 16.5. The van der Waals surface area contributed by atoms with Crippen LogP contribution in [0.1, 0.15) is 43.6 Å². The molecule has 1 amide bonds. The Morgan fingerprint density at radius 2 is 1.90 bits per heavy atom. The van der Waals surface area contributed by atoms with Crippen LogP contribution in [0, 0.1) is 6.92 Å². The molecule has 1 aliphatic rings. The number of rotatable bonds is 7. The summed E-state index contributed by atoms with van der Waals surface area (Å²) in [4.78, 5) is 19.5. The molecule has 156 valence electrons. The predicted octanol–water partition coefficient (Wildman–Crippen LogP) is 4.79. The number of ether oxygens (including phenoxy) is 1. The number of aromatic nitrogens is 2. The minimum Gasteiger partial charge on any atom is -0.484 e. The molecule has 0 atom stereocenters. The molecular weight excluding hydrogens is 378 g/mol. The second kappa shape index (κ2) is 9.57. The molecule has 1 fully saturated rings. The van der Waals surface area contributed by atoms with Crippen LogP contribution in [-0.4, -0.2) is 33.6 Å². The number of para-hydroxylation sites is 1. The lowest BCUT2D eigenvalue weighted by atomic mass is 9.94. The summed E-state index contributed by atoms with van der Waals surface area (Å²) in [6.45, 7) is 2.33. The highest BCUT2D eigenvalue weighted by Gasteiger charge is 2.27. The first-order chi connectivity index (χ1) is 14.7. The maximum absolute atomic E-state index is 13.1. The molecule has 1 aromatic heterocycles. The highest BCUT2D eigenvalue weighted by molar-refractivity contribution is 5.78. The fourth-order valence-corrected chi connectivity index (χ4v) is 3.92. The van der Waals surface area contributed by atoms with Gasteiger partial charge in [-0.2, -0.15) is 4.98 Å². The van der Waals surface area contributed by atoms with Crippen molar-refractivity contribution in [2.75, 3.05) is 6.61 Å². The first-order valence-electron chi connectivity index (χ1n) is 10.6. The van der Waals surface area contributed by atoms with E-state index in [0.717, 1.165) is 36.8 Å². The summed E-state index contributed by atoms with van der Waals surface area (Å²) in [6, 6.07) is 17.6. The van der Waals surface area contributed by atoms with Crippen LogP contribution in [-0.2, 0) is 11.3 Å². The lowest BCUT2D eigenvalue weighted by Gasteiger charge is -2.33. The van der Waals surface area contributed by atoms with E-state index in [0.29, 0.717) is 24.0 Å². The maximum Gasteiger partial charge on any atom is 0.261 e. The molecular formula is C24H27N3O3. The fourth-order valence-electron chi connectivity index (χ4n) is 3.92. The lowest BCUT2D eigenvalue weighted by molar-refractivity contribution is -0.137. The lowest BCUT2D eigenvalue weighted by Crippen LogP contribution is -2.43. The van der Waals surface area contributed by atoms with Crippen LogP contribution >= 0.6 is 0 Å². The third-order valence-corrected chi connectivity index (χ3v) is 5.49. The molecule has 6 heteroatoms. The number of benzene rings is 2. The van der Waals surface area contributed by atoms with Gasteiger partial charge in [-0.25, -0.2) is 0 Å². The Labute approximate surface area is 176 Å². The van der Waals surface area contributed by atoms with Crippen LogP contribution in [0.4, 0.5) is 0 Å². The molecule has 4 rings (SSSR count). The van der Waals surface area contributed by atoms with E-state index >= 15 is 0 Å². The van der Waals surface area contributed by atoms with Crippen LogP contribution < -0.4 is 4.74 Å². The normalized spacial score (nSPS) is 14.4. The molecule has 3 aromatic rings. The van der Waals surface area contributed by atoms with Crippen molar-refractivity contribution in [1.82, 2.24) is 15.0 Å². The molecule has 1 heterocycles. The quantitative estimate of drug-likeness (QED) is 0.566. The van der Waals surface area contributed by atoms with Gasteiger partial charge in [0, 0.05) is 11.6 Å². The summed E-state index contributed by atoms with van der Waals surface area (Å²) in [5.41, 5.74) is 2.05. The number of carbonyl (C=O) groups is 1. The van der Waals surface area contributed by atoms with Gasteiger partial charge in [-0.3, -0.25) is 4.79 Å².